The number of amides is 1. The molecule has 5 heteroatoms. The molecule has 0 spiro atoms. The first-order chi connectivity index (χ1) is 11.8. The van der Waals surface area contributed by atoms with Gasteiger partial charge < -0.3 is 14.4 Å². The van der Waals surface area contributed by atoms with E-state index in [1.165, 1.54) is 4.90 Å². The second kappa shape index (κ2) is 8.95. The summed E-state index contributed by atoms with van der Waals surface area (Å²) in [6, 6.07) is 10.4. The van der Waals surface area contributed by atoms with Crippen LogP contribution >= 0.6 is 11.8 Å². The van der Waals surface area contributed by atoms with E-state index in [9.17, 15) is 4.79 Å². The molecule has 1 aliphatic rings. The van der Waals surface area contributed by atoms with Crippen molar-refractivity contribution in [1.29, 1.82) is 0 Å². The maximum atomic E-state index is 12.4. The molecule has 1 atom stereocenters. The maximum Gasteiger partial charge on any atom is 0.410 e. The number of likely N-dealkylation sites (tertiary alicyclic amines) is 1. The number of benzene rings is 1. The summed E-state index contributed by atoms with van der Waals surface area (Å²) in [4.78, 5) is 15.4. The summed E-state index contributed by atoms with van der Waals surface area (Å²) in [6.45, 7) is 9.91. The highest BCUT2D eigenvalue weighted by atomic mass is 32.2. The third kappa shape index (κ3) is 6.55. The number of carbonyl (C=O) groups excluding carboxylic acids is 1. The average Bonchev–Trinajstić information content (AvgIpc) is 2.58. The Morgan fingerprint density at radius 3 is 2.64 bits per heavy atom. The first-order valence-corrected chi connectivity index (χ1v) is 10.1. The van der Waals surface area contributed by atoms with E-state index < -0.39 is 5.60 Å². The number of hydrogen-bond donors (Lipinski definition) is 0. The lowest BCUT2D eigenvalue weighted by Crippen LogP contribution is -2.52. The van der Waals surface area contributed by atoms with E-state index in [1.807, 2.05) is 31.7 Å². The summed E-state index contributed by atoms with van der Waals surface area (Å²) in [5, 5.41) is 0. The monoisotopic (exact) mass is 365 g/mol. The third-order valence-corrected chi connectivity index (χ3v) is 5.32. The predicted molar refractivity (Wildman–Crippen MR) is 103 cm³/mol. The topological polar surface area (TPSA) is 38.8 Å². The minimum Gasteiger partial charge on any atom is -0.444 e. The van der Waals surface area contributed by atoms with Crippen LogP contribution < -0.4 is 0 Å². The lowest BCUT2D eigenvalue weighted by Gasteiger charge is -2.42. The van der Waals surface area contributed by atoms with Gasteiger partial charge in [-0.15, -0.1) is 11.8 Å². The van der Waals surface area contributed by atoms with Gasteiger partial charge in [0.25, 0.3) is 0 Å². The summed E-state index contributed by atoms with van der Waals surface area (Å²) < 4.78 is 11.8. The van der Waals surface area contributed by atoms with Crippen LogP contribution in [0.1, 0.15) is 47.0 Å². The van der Waals surface area contributed by atoms with Crippen molar-refractivity contribution in [2.45, 2.75) is 63.1 Å². The largest absolute Gasteiger partial charge is 0.444 e. The maximum absolute atomic E-state index is 12.4. The van der Waals surface area contributed by atoms with E-state index in [0.717, 1.165) is 31.6 Å². The molecule has 1 fully saturated rings. The molecule has 0 aliphatic carbocycles. The molecule has 1 heterocycles. The predicted octanol–water partition coefficient (Wildman–Crippen LogP) is 4.98. The molecule has 1 aliphatic heterocycles. The number of rotatable bonds is 6. The van der Waals surface area contributed by atoms with Gasteiger partial charge in [-0.25, -0.2) is 4.79 Å². The van der Waals surface area contributed by atoms with Gasteiger partial charge in [0, 0.05) is 17.2 Å². The zero-order valence-electron chi connectivity index (χ0n) is 15.9. The molecule has 0 saturated carbocycles. The van der Waals surface area contributed by atoms with E-state index in [-0.39, 0.29) is 11.7 Å². The molecule has 140 valence electrons. The number of carbonyl (C=O) groups is 1. The minimum atomic E-state index is -0.462. The van der Waals surface area contributed by atoms with E-state index in [1.54, 1.807) is 11.8 Å². The molecule has 0 radical (unpaired) electrons. The molecule has 0 aromatic heterocycles. The van der Waals surface area contributed by atoms with E-state index in [2.05, 4.69) is 31.2 Å². The summed E-state index contributed by atoms with van der Waals surface area (Å²) in [5.74, 6) is 0.915. The lowest BCUT2D eigenvalue weighted by atomic mass is 9.90. The molecular weight excluding hydrogens is 334 g/mol. The van der Waals surface area contributed by atoms with Gasteiger partial charge in [0.15, 0.2) is 0 Å². The standard InChI is InChI=1S/C20H31NO3S/c1-5-20(23-14-15-25-17-10-7-6-8-11-17)12-9-13-21(16-20)18(22)24-19(2,3)4/h6-8,10-11H,5,9,12-16H2,1-4H3. The zero-order chi connectivity index (χ0) is 18.3. The number of ether oxygens (including phenoxy) is 2. The number of piperidine rings is 1. The van der Waals surface area contributed by atoms with E-state index >= 15 is 0 Å². The Morgan fingerprint density at radius 2 is 2.00 bits per heavy atom. The van der Waals surface area contributed by atoms with Gasteiger partial charge in [0.05, 0.1) is 18.8 Å². The lowest BCUT2D eigenvalue weighted by molar-refractivity contribution is -0.0880. The Labute approximate surface area is 156 Å². The van der Waals surface area contributed by atoms with Crippen molar-refractivity contribution in [3.8, 4) is 0 Å². The van der Waals surface area contributed by atoms with Gasteiger partial charge in [-0.3, -0.25) is 0 Å². The van der Waals surface area contributed by atoms with Crippen molar-refractivity contribution in [3.05, 3.63) is 30.3 Å². The summed E-state index contributed by atoms with van der Waals surface area (Å²) in [6.07, 6.45) is 2.63. The average molecular weight is 366 g/mol. The van der Waals surface area contributed by atoms with Gasteiger partial charge in [-0.1, -0.05) is 25.1 Å². The zero-order valence-corrected chi connectivity index (χ0v) is 16.7. The first kappa shape index (κ1) is 20.1. The summed E-state index contributed by atoms with van der Waals surface area (Å²) >= 11 is 1.80. The summed E-state index contributed by atoms with van der Waals surface area (Å²) in [7, 11) is 0. The van der Waals surface area contributed by atoms with E-state index in [0.29, 0.717) is 13.2 Å². The summed E-state index contributed by atoms with van der Waals surface area (Å²) in [5.41, 5.74) is -0.705. The fraction of sp³-hybridized carbons (Fsp3) is 0.650. The van der Waals surface area contributed by atoms with Crippen LogP contribution in [-0.2, 0) is 9.47 Å². The quantitative estimate of drug-likeness (QED) is 0.527. The molecule has 1 aromatic carbocycles. The smallest absolute Gasteiger partial charge is 0.410 e. The molecule has 2 rings (SSSR count). The van der Waals surface area contributed by atoms with Gasteiger partial charge in [0.1, 0.15) is 5.60 Å². The van der Waals surface area contributed by atoms with E-state index in [4.69, 9.17) is 9.47 Å². The number of thioether (sulfide) groups is 1. The normalized spacial score (nSPS) is 21.2. The fourth-order valence-electron chi connectivity index (χ4n) is 3.02. The van der Waals surface area contributed by atoms with Crippen LogP contribution in [0.2, 0.25) is 0 Å². The van der Waals surface area contributed by atoms with Crippen LogP contribution in [0.5, 0.6) is 0 Å². The highest BCUT2D eigenvalue weighted by molar-refractivity contribution is 7.99. The van der Waals surface area contributed by atoms with Crippen LogP contribution in [0.4, 0.5) is 4.79 Å². The van der Waals surface area contributed by atoms with Crippen LogP contribution in [0, 0.1) is 0 Å². The van der Waals surface area contributed by atoms with Crippen LogP contribution in [0.15, 0.2) is 35.2 Å². The second-order valence-corrected chi connectivity index (χ2v) is 8.72. The molecule has 4 nitrogen and oxygen atoms in total. The van der Waals surface area contributed by atoms with Crippen LogP contribution in [0.25, 0.3) is 0 Å². The Hall–Kier alpha value is -1.20. The Balaban J connectivity index is 1.84. The molecule has 1 aromatic rings. The van der Waals surface area contributed by atoms with Crippen molar-refractivity contribution < 1.29 is 14.3 Å². The Bertz CT molecular complexity index is 544. The molecule has 0 bridgehead atoms. The highest BCUT2D eigenvalue weighted by Crippen LogP contribution is 2.30. The van der Waals surface area contributed by atoms with Gasteiger partial charge >= 0.3 is 6.09 Å². The van der Waals surface area contributed by atoms with Crippen LogP contribution in [0.3, 0.4) is 0 Å². The molecule has 1 saturated heterocycles. The molecular formula is C20H31NO3S. The van der Waals surface area contributed by atoms with Crippen molar-refractivity contribution in [2.75, 3.05) is 25.4 Å². The molecule has 25 heavy (non-hydrogen) atoms. The van der Waals surface area contributed by atoms with Crippen molar-refractivity contribution in [1.82, 2.24) is 4.90 Å². The molecule has 1 unspecified atom stereocenters. The van der Waals surface area contributed by atoms with Gasteiger partial charge in [-0.05, 0) is 52.2 Å². The minimum absolute atomic E-state index is 0.229. The van der Waals surface area contributed by atoms with Gasteiger partial charge in [0.2, 0.25) is 0 Å². The second-order valence-electron chi connectivity index (χ2n) is 7.55. The molecule has 0 N–H and O–H groups in total. The first-order valence-electron chi connectivity index (χ1n) is 9.13. The van der Waals surface area contributed by atoms with Crippen molar-refractivity contribution in [2.24, 2.45) is 0 Å². The third-order valence-electron chi connectivity index (χ3n) is 4.34. The Kier molecular flexibility index (Phi) is 7.20. The molecule has 1 amide bonds. The fourth-order valence-corrected chi connectivity index (χ4v) is 3.78. The number of nitrogens with zero attached hydrogens (tertiary/aromatic N) is 1. The van der Waals surface area contributed by atoms with Crippen LogP contribution in [-0.4, -0.2) is 47.6 Å². The SMILES string of the molecule is CCC1(OCCSc2ccccc2)CCCN(C(=O)OC(C)(C)C)C1. The van der Waals surface area contributed by atoms with Crippen molar-refractivity contribution in [3.63, 3.8) is 0 Å². The van der Waals surface area contributed by atoms with Crippen molar-refractivity contribution >= 4 is 17.9 Å². The number of hydrogen-bond acceptors (Lipinski definition) is 4. The highest BCUT2D eigenvalue weighted by Gasteiger charge is 2.38. The Morgan fingerprint density at radius 1 is 1.28 bits per heavy atom. The van der Waals surface area contributed by atoms with Gasteiger partial charge in [-0.2, -0.15) is 0 Å².